The number of halogens is 1. The highest BCUT2D eigenvalue weighted by Gasteiger charge is 2.20. The molecule has 2 aromatic rings. The molecule has 0 radical (unpaired) electrons. The second-order valence-corrected chi connectivity index (χ2v) is 7.51. The number of nitrogens with one attached hydrogen (secondary N) is 3. The van der Waals surface area contributed by atoms with E-state index >= 15 is 0 Å². The molecule has 0 amide bonds. The summed E-state index contributed by atoms with van der Waals surface area (Å²) >= 11 is 0. The maximum absolute atomic E-state index is 12.5. The molecule has 10 heteroatoms. The van der Waals surface area contributed by atoms with Crippen LogP contribution < -0.4 is 21.7 Å². The fraction of sp³-hybridized carbons (Fsp3) is 0.429. The van der Waals surface area contributed by atoms with E-state index in [1.807, 2.05) is 13.8 Å². The van der Waals surface area contributed by atoms with Crippen molar-refractivity contribution in [3.05, 3.63) is 39.0 Å². The van der Waals surface area contributed by atoms with Crippen LogP contribution in [0.2, 0.25) is 0 Å². The highest BCUT2D eigenvalue weighted by atomic mass is 35.5. The minimum atomic E-state index is -3.81. The Bertz CT molecular complexity index is 920. The number of aromatic amines is 2. The maximum Gasteiger partial charge on any atom is 0.326 e. The molecule has 0 aliphatic heterocycles. The number of H-pyrrole nitrogens is 2. The molecule has 0 spiro atoms. The smallest absolute Gasteiger partial charge is 0.326 e. The van der Waals surface area contributed by atoms with E-state index in [0.29, 0.717) is 6.42 Å². The van der Waals surface area contributed by atoms with Gasteiger partial charge in [0, 0.05) is 12.6 Å². The minimum Gasteiger partial charge on any atom is -0.329 e. The largest absolute Gasteiger partial charge is 0.329 e. The molecule has 5 N–H and O–H groups in total. The third-order valence-corrected chi connectivity index (χ3v) is 4.90. The number of benzene rings is 1. The Labute approximate surface area is 145 Å². The third-order valence-electron chi connectivity index (χ3n) is 3.38. The van der Waals surface area contributed by atoms with Crippen molar-refractivity contribution in [2.45, 2.75) is 31.2 Å². The highest BCUT2D eigenvalue weighted by Crippen LogP contribution is 2.15. The highest BCUT2D eigenvalue weighted by molar-refractivity contribution is 7.89. The molecule has 24 heavy (non-hydrogen) atoms. The Morgan fingerprint density at radius 3 is 2.46 bits per heavy atom. The zero-order chi connectivity index (χ0) is 17.2. The number of hydrogen-bond acceptors (Lipinski definition) is 5. The molecule has 0 bridgehead atoms. The first-order valence-electron chi connectivity index (χ1n) is 7.21. The van der Waals surface area contributed by atoms with Crippen molar-refractivity contribution in [3.8, 4) is 0 Å². The van der Waals surface area contributed by atoms with Gasteiger partial charge in [-0.1, -0.05) is 13.8 Å². The third kappa shape index (κ3) is 4.67. The normalized spacial score (nSPS) is 13.0. The molecule has 0 saturated carbocycles. The Hall–Kier alpha value is -1.68. The Balaban J connectivity index is 0.00000288. The first kappa shape index (κ1) is 20.4. The Morgan fingerprint density at radius 1 is 1.21 bits per heavy atom. The molecule has 0 aliphatic carbocycles. The van der Waals surface area contributed by atoms with E-state index in [2.05, 4.69) is 14.7 Å². The molecule has 1 atom stereocenters. The van der Waals surface area contributed by atoms with Gasteiger partial charge in [0.1, 0.15) is 0 Å². The van der Waals surface area contributed by atoms with Crippen molar-refractivity contribution in [1.29, 1.82) is 0 Å². The van der Waals surface area contributed by atoms with Gasteiger partial charge in [0.2, 0.25) is 10.0 Å². The molecule has 2 rings (SSSR count). The second-order valence-electron chi connectivity index (χ2n) is 5.80. The quantitative estimate of drug-likeness (QED) is 0.574. The van der Waals surface area contributed by atoms with Crippen LogP contribution in [0.4, 0.5) is 0 Å². The predicted molar refractivity (Wildman–Crippen MR) is 95.1 cm³/mol. The topological polar surface area (TPSA) is 138 Å². The summed E-state index contributed by atoms with van der Waals surface area (Å²) < 4.78 is 27.5. The van der Waals surface area contributed by atoms with Gasteiger partial charge in [-0.15, -0.1) is 12.4 Å². The molecular formula is C14H21ClN4O4S. The molecule has 1 unspecified atom stereocenters. The Morgan fingerprint density at radius 2 is 1.88 bits per heavy atom. The van der Waals surface area contributed by atoms with Gasteiger partial charge in [0.05, 0.1) is 15.8 Å². The molecule has 0 saturated heterocycles. The zero-order valence-corrected chi connectivity index (χ0v) is 15.0. The van der Waals surface area contributed by atoms with Gasteiger partial charge in [-0.05, 0) is 30.5 Å². The minimum absolute atomic E-state index is 0. The number of hydrogen-bond donors (Lipinski definition) is 4. The van der Waals surface area contributed by atoms with E-state index in [9.17, 15) is 18.0 Å². The van der Waals surface area contributed by atoms with Gasteiger partial charge in [-0.2, -0.15) is 0 Å². The summed E-state index contributed by atoms with van der Waals surface area (Å²) in [5.74, 6) is 0.288. The molecule has 134 valence electrons. The van der Waals surface area contributed by atoms with Gasteiger partial charge < -0.3 is 10.7 Å². The lowest BCUT2D eigenvalue weighted by atomic mass is 10.1. The standard InChI is InChI=1S/C14H20N4O4S.ClH/c1-8(2)5-9(7-15)18-23(21,22)10-3-4-12-11(6-10)13(19)17-14(20)16-12;/h3-4,6,8-9,18H,5,7,15H2,1-2H3,(H2,16,17,19,20);1H. The van der Waals surface area contributed by atoms with Crippen molar-refractivity contribution in [2.24, 2.45) is 11.7 Å². The fourth-order valence-electron chi connectivity index (χ4n) is 2.36. The molecule has 0 aliphatic rings. The second kappa shape index (κ2) is 7.93. The van der Waals surface area contributed by atoms with Crippen molar-refractivity contribution in [1.82, 2.24) is 14.7 Å². The van der Waals surface area contributed by atoms with E-state index in [4.69, 9.17) is 5.73 Å². The van der Waals surface area contributed by atoms with Gasteiger partial charge in [0.15, 0.2) is 0 Å². The summed E-state index contributed by atoms with van der Waals surface area (Å²) in [6.07, 6.45) is 0.608. The Kier molecular flexibility index (Phi) is 6.73. The first-order chi connectivity index (χ1) is 10.7. The lowest BCUT2D eigenvalue weighted by molar-refractivity contribution is 0.465. The summed E-state index contributed by atoms with van der Waals surface area (Å²) in [6.45, 7) is 4.13. The number of rotatable bonds is 6. The van der Waals surface area contributed by atoms with Gasteiger partial charge in [-0.3, -0.25) is 9.78 Å². The van der Waals surface area contributed by atoms with Crippen molar-refractivity contribution in [2.75, 3.05) is 6.54 Å². The number of aromatic nitrogens is 2. The summed E-state index contributed by atoms with van der Waals surface area (Å²) in [7, 11) is -3.81. The molecule has 1 aromatic heterocycles. The van der Waals surface area contributed by atoms with E-state index in [1.54, 1.807) is 0 Å². The van der Waals surface area contributed by atoms with Crippen molar-refractivity contribution in [3.63, 3.8) is 0 Å². The monoisotopic (exact) mass is 376 g/mol. The summed E-state index contributed by atoms with van der Waals surface area (Å²) in [4.78, 5) is 27.5. The number of fused-ring (bicyclic) bond motifs is 1. The number of sulfonamides is 1. The molecular weight excluding hydrogens is 356 g/mol. The average molecular weight is 377 g/mol. The summed E-state index contributed by atoms with van der Waals surface area (Å²) in [5.41, 5.74) is 4.61. The van der Waals surface area contributed by atoms with Crippen molar-refractivity contribution >= 4 is 33.3 Å². The maximum atomic E-state index is 12.5. The van der Waals surface area contributed by atoms with Gasteiger partial charge in [-0.25, -0.2) is 17.9 Å². The fourth-order valence-corrected chi connectivity index (χ4v) is 3.65. The van der Waals surface area contributed by atoms with Crippen LogP contribution in [0.25, 0.3) is 10.9 Å². The average Bonchev–Trinajstić information content (AvgIpc) is 2.45. The van der Waals surface area contributed by atoms with Crippen LogP contribution >= 0.6 is 12.4 Å². The summed E-state index contributed by atoms with van der Waals surface area (Å²) in [5, 5.41) is 0.0978. The van der Waals surface area contributed by atoms with E-state index in [0.717, 1.165) is 0 Å². The van der Waals surface area contributed by atoms with Crippen LogP contribution in [-0.4, -0.2) is 31.0 Å². The van der Waals surface area contributed by atoms with Crippen LogP contribution in [0.15, 0.2) is 32.7 Å². The molecule has 1 heterocycles. The first-order valence-corrected chi connectivity index (χ1v) is 8.70. The van der Waals surface area contributed by atoms with E-state index < -0.39 is 21.3 Å². The number of nitrogens with two attached hydrogens (primary N) is 1. The lowest BCUT2D eigenvalue weighted by Crippen LogP contribution is -2.41. The zero-order valence-electron chi connectivity index (χ0n) is 13.3. The van der Waals surface area contributed by atoms with Crippen LogP contribution in [0.3, 0.4) is 0 Å². The summed E-state index contributed by atoms with van der Waals surface area (Å²) in [6, 6.07) is 3.57. The van der Waals surface area contributed by atoms with Crippen molar-refractivity contribution < 1.29 is 8.42 Å². The van der Waals surface area contributed by atoms with E-state index in [-0.39, 0.29) is 46.7 Å². The van der Waals surface area contributed by atoms with E-state index in [1.165, 1.54) is 18.2 Å². The lowest BCUT2D eigenvalue weighted by Gasteiger charge is -2.18. The van der Waals surface area contributed by atoms with Crippen LogP contribution in [0.1, 0.15) is 20.3 Å². The van der Waals surface area contributed by atoms with Crippen LogP contribution in [0.5, 0.6) is 0 Å². The SMILES string of the molecule is CC(C)CC(CN)NS(=O)(=O)c1ccc2[nH]c(=O)[nH]c(=O)c2c1.Cl. The molecule has 0 fully saturated rings. The van der Waals surface area contributed by atoms with Crippen LogP contribution in [-0.2, 0) is 10.0 Å². The predicted octanol–water partition coefficient (Wildman–Crippen LogP) is 0.290. The van der Waals surface area contributed by atoms with Gasteiger partial charge >= 0.3 is 5.69 Å². The van der Waals surface area contributed by atoms with Gasteiger partial charge in [0.25, 0.3) is 5.56 Å². The molecule has 1 aromatic carbocycles. The molecule has 8 nitrogen and oxygen atoms in total. The van der Waals surface area contributed by atoms with Crippen LogP contribution in [0, 0.1) is 5.92 Å².